The van der Waals surface area contributed by atoms with Crippen LogP contribution in [-0.2, 0) is 12.8 Å². The molecule has 5 heteroatoms. The summed E-state index contributed by atoms with van der Waals surface area (Å²) in [5, 5.41) is 18.4. The Balaban J connectivity index is 2.15. The third kappa shape index (κ3) is 2.77. The quantitative estimate of drug-likeness (QED) is 0.877. The van der Waals surface area contributed by atoms with Crippen LogP contribution in [0.15, 0.2) is 0 Å². The number of piperidine rings is 1. The van der Waals surface area contributed by atoms with Gasteiger partial charge in [0, 0.05) is 13.1 Å². The molecule has 0 saturated carbocycles. The fourth-order valence-corrected chi connectivity index (χ4v) is 2.25. The number of aryl methyl sites for hydroxylation is 2. The van der Waals surface area contributed by atoms with Crippen molar-refractivity contribution in [2.75, 3.05) is 18.0 Å². The zero-order valence-corrected chi connectivity index (χ0v) is 11.5. The predicted molar refractivity (Wildman–Crippen MR) is 70.7 cm³/mol. The van der Waals surface area contributed by atoms with Crippen molar-refractivity contribution >= 4 is 5.95 Å². The molecular weight excluding hydrogens is 228 g/mol. The molecule has 1 aliphatic rings. The second-order valence-corrected chi connectivity index (χ2v) is 5.20. The molecule has 1 N–H and O–H groups in total. The molecule has 1 saturated heterocycles. The van der Waals surface area contributed by atoms with Gasteiger partial charge in [0.15, 0.2) is 0 Å². The van der Waals surface area contributed by atoms with E-state index in [9.17, 15) is 5.11 Å². The lowest BCUT2D eigenvalue weighted by Crippen LogP contribution is -2.43. The van der Waals surface area contributed by atoms with E-state index in [2.05, 4.69) is 33.9 Å². The Labute approximate surface area is 108 Å². The van der Waals surface area contributed by atoms with Gasteiger partial charge in [0.05, 0.1) is 17.0 Å². The molecule has 2 heterocycles. The molecule has 5 nitrogen and oxygen atoms in total. The summed E-state index contributed by atoms with van der Waals surface area (Å²) in [5.41, 5.74) is 1.49. The van der Waals surface area contributed by atoms with Gasteiger partial charge in [0.2, 0.25) is 5.95 Å². The van der Waals surface area contributed by atoms with Gasteiger partial charge in [0.25, 0.3) is 0 Å². The topological polar surface area (TPSA) is 62.1 Å². The largest absolute Gasteiger partial charge is 0.390 e. The summed E-state index contributed by atoms with van der Waals surface area (Å²) in [5.74, 6) is 0.708. The summed E-state index contributed by atoms with van der Waals surface area (Å²) in [6, 6.07) is 0. The summed E-state index contributed by atoms with van der Waals surface area (Å²) < 4.78 is 0. The minimum atomic E-state index is -0.541. The van der Waals surface area contributed by atoms with E-state index in [-0.39, 0.29) is 0 Å². The molecule has 0 aliphatic carbocycles. The molecule has 1 aromatic rings. The SMILES string of the molecule is CCc1nnc(N2CCC(C)(O)CC2)nc1CC. The smallest absolute Gasteiger partial charge is 0.245 e. The Morgan fingerprint density at radius 3 is 2.28 bits per heavy atom. The lowest BCUT2D eigenvalue weighted by Gasteiger charge is -2.35. The van der Waals surface area contributed by atoms with Crippen molar-refractivity contribution in [2.24, 2.45) is 0 Å². The van der Waals surface area contributed by atoms with Crippen molar-refractivity contribution in [1.29, 1.82) is 0 Å². The molecule has 2 rings (SSSR count). The standard InChI is InChI=1S/C13H22N4O/c1-4-10-11(5-2)15-16-12(14-10)17-8-6-13(3,18)7-9-17/h18H,4-9H2,1-3H3. The zero-order valence-electron chi connectivity index (χ0n) is 11.5. The Morgan fingerprint density at radius 2 is 1.72 bits per heavy atom. The molecule has 0 spiro atoms. The highest BCUT2D eigenvalue weighted by Crippen LogP contribution is 2.23. The molecule has 0 radical (unpaired) electrons. The molecule has 1 aromatic heterocycles. The van der Waals surface area contributed by atoms with Gasteiger partial charge in [-0.05, 0) is 32.6 Å². The van der Waals surface area contributed by atoms with Crippen LogP contribution in [0.5, 0.6) is 0 Å². The molecule has 18 heavy (non-hydrogen) atoms. The molecule has 0 aromatic carbocycles. The van der Waals surface area contributed by atoms with Crippen LogP contribution >= 0.6 is 0 Å². The molecule has 100 valence electrons. The maximum atomic E-state index is 9.94. The second-order valence-electron chi connectivity index (χ2n) is 5.20. The number of hydrogen-bond acceptors (Lipinski definition) is 5. The maximum absolute atomic E-state index is 9.94. The first-order valence-electron chi connectivity index (χ1n) is 6.75. The first-order chi connectivity index (χ1) is 8.55. The number of nitrogens with zero attached hydrogens (tertiary/aromatic N) is 4. The average Bonchev–Trinajstić information content (AvgIpc) is 2.38. The van der Waals surface area contributed by atoms with Crippen LogP contribution in [0.1, 0.15) is 45.0 Å². The van der Waals surface area contributed by atoms with Gasteiger partial charge in [-0.3, -0.25) is 0 Å². The minimum Gasteiger partial charge on any atom is -0.390 e. The first-order valence-corrected chi connectivity index (χ1v) is 6.75. The molecule has 0 unspecified atom stereocenters. The number of aromatic nitrogens is 3. The van der Waals surface area contributed by atoms with E-state index in [1.165, 1.54) is 0 Å². The van der Waals surface area contributed by atoms with E-state index < -0.39 is 5.60 Å². The van der Waals surface area contributed by atoms with Crippen LogP contribution < -0.4 is 4.90 Å². The number of anilines is 1. The van der Waals surface area contributed by atoms with Crippen molar-refractivity contribution in [3.05, 3.63) is 11.4 Å². The minimum absolute atomic E-state index is 0.541. The fraction of sp³-hybridized carbons (Fsp3) is 0.769. The van der Waals surface area contributed by atoms with E-state index in [4.69, 9.17) is 0 Å². The fourth-order valence-electron chi connectivity index (χ4n) is 2.25. The first kappa shape index (κ1) is 13.2. The summed E-state index contributed by atoms with van der Waals surface area (Å²) >= 11 is 0. The van der Waals surface area contributed by atoms with Crippen molar-refractivity contribution in [3.8, 4) is 0 Å². The van der Waals surface area contributed by atoms with Gasteiger partial charge in [-0.25, -0.2) is 4.98 Å². The van der Waals surface area contributed by atoms with Gasteiger partial charge in [-0.15, -0.1) is 5.10 Å². The highest BCUT2D eigenvalue weighted by atomic mass is 16.3. The third-order valence-corrected chi connectivity index (χ3v) is 3.62. The molecule has 0 atom stereocenters. The van der Waals surface area contributed by atoms with Crippen molar-refractivity contribution in [3.63, 3.8) is 0 Å². The second kappa shape index (κ2) is 5.18. The van der Waals surface area contributed by atoms with E-state index in [1.807, 2.05) is 6.92 Å². The van der Waals surface area contributed by atoms with Crippen LogP contribution in [0.2, 0.25) is 0 Å². The average molecular weight is 250 g/mol. The lowest BCUT2D eigenvalue weighted by molar-refractivity contribution is 0.0348. The highest BCUT2D eigenvalue weighted by molar-refractivity contribution is 5.31. The molecule has 0 bridgehead atoms. The molecule has 1 fully saturated rings. The highest BCUT2D eigenvalue weighted by Gasteiger charge is 2.28. The Kier molecular flexibility index (Phi) is 3.80. The van der Waals surface area contributed by atoms with Crippen LogP contribution in [0.4, 0.5) is 5.95 Å². The van der Waals surface area contributed by atoms with Crippen LogP contribution in [0.25, 0.3) is 0 Å². The van der Waals surface area contributed by atoms with Gasteiger partial charge in [0.1, 0.15) is 0 Å². The van der Waals surface area contributed by atoms with E-state index in [0.29, 0.717) is 5.95 Å². The maximum Gasteiger partial charge on any atom is 0.245 e. The predicted octanol–water partition coefficient (Wildman–Crippen LogP) is 1.35. The normalized spacial score (nSPS) is 19.0. The van der Waals surface area contributed by atoms with E-state index >= 15 is 0 Å². The Bertz CT molecular complexity index is 409. The molecule has 1 aliphatic heterocycles. The number of hydrogen-bond donors (Lipinski definition) is 1. The monoisotopic (exact) mass is 250 g/mol. The Morgan fingerprint density at radius 1 is 1.11 bits per heavy atom. The van der Waals surface area contributed by atoms with Crippen molar-refractivity contribution in [2.45, 2.75) is 52.1 Å². The summed E-state index contributed by atoms with van der Waals surface area (Å²) in [6.45, 7) is 7.64. The number of rotatable bonds is 3. The van der Waals surface area contributed by atoms with Gasteiger partial charge in [-0.2, -0.15) is 5.10 Å². The summed E-state index contributed by atoms with van der Waals surface area (Å²) in [7, 11) is 0. The summed E-state index contributed by atoms with van der Waals surface area (Å²) in [6.07, 6.45) is 3.27. The van der Waals surface area contributed by atoms with Gasteiger partial charge in [-0.1, -0.05) is 13.8 Å². The third-order valence-electron chi connectivity index (χ3n) is 3.62. The number of aliphatic hydroxyl groups is 1. The van der Waals surface area contributed by atoms with Gasteiger partial charge >= 0.3 is 0 Å². The summed E-state index contributed by atoms with van der Waals surface area (Å²) in [4.78, 5) is 6.72. The van der Waals surface area contributed by atoms with Gasteiger partial charge < -0.3 is 10.0 Å². The van der Waals surface area contributed by atoms with Crippen molar-refractivity contribution < 1.29 is 5.11 Å². The zero-order chi connectivity index (χ0) is 13.2. The Hall–Kier alpha value is -1.23. The van der Waals surface area contributed by atoms with E-state index in [1.54, 1.807) is 0 Å². The van der Waals surface area contributed by atoms with Crippen LogP contribution in [-0.4, -0.2) is 39.0 Å². The lowest BCUT2D eigenvalue weighted by atomic mass is 9.94. The van der Waals surface area contributed by atoms with Crippen LogP contribution in [0, 0.1) is 0 Å². The van der Waals surface area contributed by atoms with Crippen molar-refractivity contribution in [1.82, 2.24) is 15.2 Å². The van der Waals surface area contributed by atoms with E-state index in [0.717, 1.165) is 50.2 Å². The van der Waals surface area contributed by atoms with Crippen LogP contribution in [0.3, 0.4) is 0 Å². The molecular formula is C13H22N4O. The molecule has 0 amide bonds.